The lowest BCUT2D eigenvalue weighted by Crippen LogP contribution is -2.55. The number of nitrogens with zero attached hydrogens (tertiary/aromatic N) is 2. The fourth-order valence-corrected chi connectivity index (χ4v) is 3.54. The minimum atomic E-state index is -0.159. The summed E-state index contributed by atoms with van der Waals surface area (Å²) in [4.78, 5) is 19.0. The Labute approximate surface area is 205 Å². The quantitative estimate of drug-likeness (QED) is 0.534. The molecular weight excluding hydrogens is 469 g/mol. The topological polar surface area (TPSA) is 86.1 Å². The smallest absolute Gasteiger partial charge is 0.290 e. The highest BCUT2D eigenvalue weighted by atomic mass is 35.5. The van der Waals surface area contributed by atoms with Crippen molar-refractivity contribution in [3.63, 3.8) is 0 Å². The fraction of sp³-hybridized carbons (Fsp3) is 0.304. The van der Waals surface area contributed by atoms with E-state index in [1.807, 2.05) is 24.3 Å². The molecule has 1 N–H and O–H groups in total. The van der Waals surface area contributed by atoms with Crippen LogP contribution in [0.2, 0.25) is 0 Å². The highest BCUT2D eigenvalue weighted by Gasteiger charge is 2.30. The Morgan fingerprint density at radius 3 is 2.70 bits per heavy atom. The molecular formula is C23H27Cl2N3O5. The van der Waals surface area contributed by atoms with E-state index in [4.69, 9.17) is 18.6 Å². The number of hydrogen-bond donors (Lipinski definition) is 1. The highest BCUT2D eigenvalue weighted by Crippen LogP contribution is 2.33. The van der Waals surface area contributed by atoms with Gasteiger partial charge in [-0.15, -0.1) is 24.8 Å². The Bertz CT molecular complexity index is 1030. The number of halogens is 2. The van der Waals surface area contributed by atoms with Crippen LogP contribution in [0, 0.1) is 0 Å². The summed E-state index contributed by atoms with van der Waals surface area (Å²) in [5.41, 5.74) is 0.800. The number of ether oxygens (including phenoxy) is 3. The lowest BCUT2D eigenvalue weighted by molar-refractivity contribution is 0.0529. The molecule has 1 unspecified atom stereocenters. The van der Waals surface area contributed by atoms with Gasteiger partial charge in [0.25, 0.3) is 5.91 Å². The van der Waals surface area contributed by atoms with Crippen molar-refractivity contribution in [1.82, 2.24) is 15.2 Å². The van der Waals surface area contributed by atoms with Gasteiger partial charge in [-0.05, 0) is 42.5 Å². The van der Waals surface area contributed by atoms with Crippen molar-refractivity contribution in [2.45, 2.75) is 6.04 Å². The van der Waals surface area contributed by atoms with Crippen LogP contribution in [0.15, 0.2) is 59.3 Å². The minimum Gasteiger partial charge on any atom is -0.493 e. The third-order valence-electron chi connectivity index (χ3n) is 5.17. The number of piperazine rings is 1. The van der Waals surface area contributed by atoms with Gasteiger partial charge in [0.1, 0.15) is 18.1 Å². The number of hydrogen-bond acceptors (Lipinski definition) is 7. The number of amides is 1. The standard InChI is InChI=1S/C23H25N3O5.2ClH/c1-28-20-6-5-16(12-22(20)29-2)19-7-8-21(31-19)23(27)26-11-10-25-13-17(26)15-30-18-4-3-9-24-14-18;;/h3-9,12,14,17,25H,10-11,13,15H2,1-2H3;2*1H. The molecule has 4 rings (SSSR count). The number of rotatable bonds is 7. The third-order valence-corrected chi connectivity index (χ3v) is 5.17. The molecule has 3 heterocycles. The Morgan fingerprint density at radius 2 is 1.97 bits per heavy atom. The summed E-state index contributed by atoms with van der Waals surface area (Å²) in [6, 6.07) is 12.5. The summed E-state index contributed by atoms with van der Waals surface area (Å²) in [6.45, 7) is 2.31. The number of carbonyl (C=O) groups is 1. The van der Waals surface area contributed by atoms with E-state index in [1.54, 1.807) is 49.7 Å². The molecule has 1 atom stereocenters. The number of nitrogens with one attached hydrogen (secondary N) is 1. The molecule has 0 radical (unpaired) electrons. The number of aromatic nitrogens is 1. The van der Waals surface area contributed by atoms with Crippen LogP contribution in [-0.4, -0.2) is 62.3 Å². The number of carbonyl (C=O) groups excluding carboxylic acids is 1. The lowest BCUT2D eigenvalue weighted by atomic mass is 10.1. The summed E-state index contributed by atoms with van der Waals surface area (Å²) < 4.78 is 22.4. The summed E-state index contributed by atoms with van der Waals surface area (Å²) in [7, 11) is 3.17. The average molecular weight is 496 g/mol. The minimum absolute atomic E-state index is 0. The Morgan fingerprint density at radius 1 is 1.15 bits per heavy atom. The number of furan rings is 1. The first-order chi connectivity index (χ1) is 15.2. The first kappa shape index (κ1) is 26.3. The van der Waals surface area contributed by atoms with E-state index in [0.717, 1.165) is 12.1 Å². The first-order valence-electron chi connectivity index (χ1n) is 10.1. The second kappa shape index (κ2) is 12.3. The summed E-state index contributed by atoms with van der Waals surface area (Å²) in [5.74, 6) is 2.62. The molecule has 1 saturated heterocycles. The van der Waals surface area contributed by atoms with Crippen molar-refractivity contribution in [3.05, 3.63) is 60.6 Å². The molecule has 0 spiro atoms. The molecule has 178 valence electrons. The molecule has 1 fully saturated rings. The molecule has 1 aromatic carbocycles. The summed E-state index contributed by atoms with van der Waals surface area (Å²) >= 11 is 0. The van der Waals surface area contributed by atoms with Gasteiger partial charge in [-0.3, -0.25) is 9.78 Å². The van der Waals surface area contributed by atoms with Crippen molar-refractivity contribution in [2.75, 3.05) is 40.5 Å². The largest absolute Gasteiger partial charge is 0.493 e. The molecule has 1 aliphatic rings. The zero-order chi connectivity index (χ0) is 21.6. The van der Waals surface area contributed by atoms with Crippen molar-refractivity contribution < 1.29 is 23.4 Å². The van der Waals surface area contributed by atoms with E-state index in [9.17, 15) is 4.79 Å². The molecule has 0 aliphatic carbocycles. The van der Waals surface area contributed by atoms with Crippen LogP contribution >= 0.6 is 24.8 Å². The van der Waals surface area contributed by atoms with E-state index in [-0.39, 0.29) is 42.5 Å². The van der Waals surface area contributed by atoms with E-state index < -0.39 is 0 Å². The molecule has 8 nitrogen and oxygen atoms in total. The Hall–Kier alpha value is -2.94. The van der Waals surface area contributed by atoms with Gasteiger partial charge in [-0.2, -0.15) is 0 Å². The van der Waals surface area contributed by atoms with Crippen LogP contribution in [-0.2, 0) is 0 Å². The lowest BCUT2D eigenvalue weighted by Gasteiger charge is -2.35. The highest BCUT2D eigenvalue weighted by molar-refractivity contribution is 5.92. The molecule has 3 aromatic rings. The van der Waals surface area contributed by atoms with Crippen LogP contribution in [0.4, 0.5) is 0 Å². The molecule has 10 heteroatoms. The molecule has 2 aromatic heterocycles. The maximum absolute atomic E-state index is 13.2. The van der Waals surface area contributed by atoms with Crippen molar-refractivity contribution in [2.24, 2.45) is 0 Å². The third kappa shape index (κ3) is 6.10. The second-order valence-electron chi connectivity index (χ2n) is 7.09. The molecule has 0 saturated carbocycles. The molecule has 0 bridgehead atoms. The van der Waals surface area contributed by atoms with Gasteiger partial charge in [0.2, 0.25) is 0 Å². The first-order valence-corrected chi connectivity index (χ1v) is 10.1. The molecule has 1 aliphatic heterocycles. The van der Waals surface area contributed by atoms with Gasteiger partial charge < -0.3 is 28.8 Å². The van der Waals surface area contributed by atoms with Crippen LogP contribution in [0.1, 0.15) is 10.6 Å². The van der Waals surface area contributed by atoms with E-state index in [0.29, 0.717) is 42.7 Å². The van der Waals surface area contributed by atoms with Crippen LogP contribution in [0.25, 0.3) is 11.3 Å². The van der Waals surface area contributed by atoms with Crippen LogP contribution in [0.5, 0.6) is 17.2 Å². The van der Waals surface area contributed by atoms with Gasteiger partial charge in [0, 0.05) is 31.4 Å². The van der Waals surface area contributed by atoms with Gasteiger partial charge >= 0.3 is 0 Å². The van der Waals surface area contributed by atoms with Crippen LogP contribution in [0.3, 0.4) is 0 Å². The van der Waals surface area contributed by atoms with Crippen molar-refractivity contribution >= 4 is 30.7 Å². The van der Waals surface area contributed by atoms with Crippen LogP contribution < -0.4 is 19.5 Å². The monoisotopic (exact) mass is 495 g/mol. The predicted octanol–water partition coefficient (Wildman–Crippen LogP) is 3.70. The second-order valence-corrected chi connectivity index (χ2v) is 7.09. The van der Waals surface area contributed by atoms with Crippen molar-refractivity contribution in [3.8, 4) is 28.6 Å². The van der Waals surface area contributed by atoms with Gasteiger partial charge in [-0.25, -0.2) is 0 Å². The van der Waals surface area contributed by atoms with Crippen molar-refractivity contribution in [1.29, 1.82) is 0 Å². The number of pyridine rings is 1. The number of methoxy groups -OCH3 is 2. The zero-order valence-electron chi connectivity index (χ0n) is 18.4. The van der Waals surface area contributed by atoms with E-state index in [1.165, 1.54) is 0 Å². The number of benzene rings is 1. The summed E-state index contributed by atoms with van der Waals surface area (Å²) in [5, 5.41) is 3.32. The maximum atomic E-state index is 13.2. The van der Waals surface area contributed by atoms with Gasteiger partial charge in [0.15, 0.2) is 17.3 Å². The normalized spacial score (nSPS) is 15.1. The molecule has 1 amide bonds. The fourth-order valence-electron chi connectivity index (χ4n) is 3.54. The van der Waals surface area contributed by atoms with Gasteiger partial charge in [0.05, 0.1) is 26.5 Å². The maximum Gasteiger partial charge on any atom is 0.290 e. The molecule has 33 heavy (non-hydrogen) atoms. The predicted molar refractivity (Wildman–Crippen MR) is 129 cm³/mol. The summed E-state index contributed by atoms with van der Waals surface area (Å²) in [6.07, 6.45) is 3.35. The van der Waals surface area contributed by atoms with Gasteiger partial charge in [-0.1, -0.05) is 0 Å². The van der Waals surface area contributed by atoms with E-state index in [2.05, 4.69) is 10.3 Å². The van der Waals surface area contributed by atoms with E-state index >= 15 is 0 Å². The average Bonchev–Trinajstić information content (AvgIpc) is 3.33. The Kier molecular flexibility index (Phi) is 9.84. The SMILES string of the molecule is COc1ccc(-c2ccc(C(=O)N3CCNCC3COc3cccnc3)o2)cc1OC.Cl.Cl. The zero-order valence-corrected chi connectivity index (χ0v) is 20.0. The Balaban J connectivity index is 0.00000193.